The van der Waals surface area contributed by atoms with Gasteiger partial charge in [0.2, 0.25) is 0 Å². The van der Waals surface area contributed by atoms with Crippen molar-refractivity contribution in [3.8, 4) is 0 Å². The highest BCUT2D eigenvalue weighted by atomic mass is 14.5. The van der Waals surface area contributed by atoms with Gasteiger partial charge in [-0.2, -0.15) is 0 Å². The van der Waals surface area contributed by atoms with Crippen molar-refractivity contribution >= 4 is 0 Å². The fraction of sp³-hybridized carbons (Fsp3) is 0.700. The maximum absolute atomic E-state index is 3.39. The lowest BCUT2D eigenvalue weighted by atomic mass is 10.1. The molecule has 0 heteroatoms. The van der Waals surface area contributed by atoms with Gasteiger partial charge >= 0.3 is 0 Å². The van der Waals surface area contributed by atoms with Gasteiger partial charge in [0.25, 0.3) is 0 Å². The fourth-order valence-corrected chi connectivity index (χ4v) is 1.31. The molecular formula is C10H16. The van der Waals surface area contributed by atoms with E-state index in [-0.39, 0.29) is 0 Å². The summed E-state index contributed by atoms with van der Waals surface area (Å²) in [5.74, 6) is 0.752. The van der Waals surface area contributed by atoms with E-state index in [1.54, 1.807) is 0 Å². The highest BCUT2D eigenvalue weighted by molar-refractivity contribution is 5.34. The first kappa shape index (κ1) is 7.63. The molecule has 0 unspecified atom stereocenters. The molecule has 0 aromatic heterocycles. The van der Waals surface area contributed by atoms with Crippen LogP contribution in [-0.2, 0) is 0 Å². The summed E-state index contributed by atoms with van der Waals surface area (Å²) in [6, 6.07) is 0. The highest BCUT2D eigenvalue weighted by Crippen LogP contribution is 2.56. The molecule has 0 heterocycles. The summed E-state index contributed by atoms with van der Waals surface area (Å²) < 4.78 is 0. The zero-order valence-electron chi connectivity index (χ0n) is 7.58. The van der Waals surface area contributed by atoms with Gasteiger partial charge in [-0.1, -0.05) is 20.8 Å². The monoisotopic (exact) mass is 136 g/mol. The predicted octanol–water partition coefficient (Wildman–Crippen LogP) is 3.15. The smallest absolute Gasteiger partial charge is 0.000324 e. The normalized spacial score (nSPS) is 27.7. The van der Waals surface area contributed by atoms with Crippen LogP contribution >= 0.6 is 0 Å². The van der Waals surface area contributed by atoms with Crippen LogP contribution < -0.4 is 0 Å². The first-order valence-corrected chi connectivity index (χ1v) is 3.90. The van der Waals surface area contributed by atoms with E-state index >= 15 is 0 Å². The van der Waals surface area contributed by atoms with Gasteiger partial charge in [-0.15, -0.1) is 5.73 Å². The Morgan fingerprint density at radius 3 is 1.90 bits per heavy atom. The zero-order valence-corrected chi connectivity index (χ0v) is 7.58. The summed E-state index contributed by atoms with van der Waals surface area (Å²) >= 11 is 0. The van der Waals surface area contributed by atoms with Crippen molar-refractivity contribution in [2.75, 3.05) is 0 Å². The van der Waals surface area contributed by atoms with E-state index in [0.29, 0.717) is 5.41 Å². The van der Waals surface area contributed by atoms with Crippen LogP contribution in [0.2, 0.25) is 0 Å². The summed E-state index contributed by atoms with van der Waals surface area (Å²) in [7, 11) is 0. The molecule has 1 atom stereocenters. The van der Waals surface area contributed by atoms with E-state index < -0.39 is 0 Å². The molecule has 0 aromatic carbocycles. The quantitative estimate of drug-likeness (QED) is 0.449. The molecule has 0 radical (unpaired) electrons. The Balaban J connectivity index is 2.94. The number of rotatable bonds is 0. The van der Waals surface area contributed by atoms with Gasteiger partial charge in [-0.25, -0.2) is 0 Å². The summed E-state index contributed by atoms with van der Waals surface area (Å²) in [5.41, 5.74) is 6.62. The minimum Gasteiger partial charge on any atom is -0.122 e. The Hall–Kier alpha value is -0.480. The molecular weight excluding hydrogens is 120 g/mol. The van der Waals surface area contributed by atoms with Crippen molar-refractivity contribution in [2.24, 2.45) is 11.3 Å². The Morgan fingerprint density at radius 2 is 1.80 bits per heavy atom. The van der Waals surface area contributed by atoms with Crippen LogP contribution in [0.25, 0.3) is 0 Å². The molecule has 56 valence electrons. The molecule has 1 rings (SSSR count). The van der Waals surface area contributed by atoms with E-state index in [1.165, 1.54) is 11.1 Å². The predicted molar refractivity (Wildman–Crippen MR) is 44.8 cm³/mol. The Bertz CT molecular complexity index is 208. The van der Waals surface area contributed by atoms with Crippen LogP contribution in [0.1, 0.15) is 34.6 Å². The standard InChI is InChI=1S/C10H16/c1-7(2)6-9-8(3)10(9,4)5/h8H,1-5H3/t8-/m0/s1. The van der Waals surface area contributed by atoms with Crippen LogP contribution in [-0.4, -0.2) is 0 Å². The minimum atomic E-state index is 0.442. The Morgan fingerprint density at radius 1 is 1.40 bits per heavy atom. The Labute approximate surface area is 63.6 Å². The summed E-state index contributed by atoms with van der Waals surface area (Å²) in [5, 5.41) is 0. The zero-order chi connectivity index (χ0) is 7.94. The van der Waals surface area contributed by atoms with Gasteiger partial charge < -0.3 is 0 Å². The molecule has 0 bridgehead atoms. The topological polar surface area (TPSA) is 0 Å². The van der Waals surface area contributed by atoms with Crippen LogP contribution in [0.3, 0.4) is 0 Å². The van der Waals surface area contributed by atoms with Gasteiger partial charge in [0.1, 0.15) is 0 Å². The van der Waals surface area contributed by atoms with Crippen LogP contribution in [0.5, 0.6) is 0 Å². The average Bonchev–Trinajstić information content (AvgIpc) is 2.17. The summed E-state index contributed by atoms with van der Waals surface area (Å²) in [4.78, 5) is 0. The average molecular weight is 136 g/mol. The SMILES string of the molecule is CC(C)=C=C1[C@H](C)C1(C)C. The largest absolute Gasteiger partial charge is 0.122 e. The van der Waals surface area contributed by atoms with Crippen LogP contribution in [0, 0.1) is 11.3 Å². The molecule has 1 saturated carbocycles. The second kappa shape index (κ2) is 2.00. The molecule has 1 aliphatic carbocycles. The maximum atomic E-state index is 3.39. The molecule has 0 aliphatic heterocycles. The van der Waals surface area contributed by atoms with Gasteiger partial charge in [-0.3, -0.25) is 0 Å². The second-order valence-corrected chi connectivity index (χ2v) is 3.98. The molecule has 0 N–H and O–H groups in total. The summed E-state index contributed by atoms with van der Waals surface area (Å²) in [6.07, 6.45) is 0. The lowest BCUT2D eigenvalue weighted by molar-refractivity contribution is 0.596. The molecule has 1 aliphatic rings. The van der Waals surface area contributed by atoms with Crippen LogP contribution in [0.4, 0.5) is 0 Å². The van der Waals surface area contributed by atoms with E-state index in [1.807, 2.05) is 0 Å². The molecule has 1 fully saturated rings. The highest BCUT2D eigenvalue weighted by Gasteiger charge is 2.48. The third-order valence-corrected chi connectivity index (χ3v) is 2.51. The molecule has 10 heavy (non-hydrogen) atoms. The Kier molecular flexibility index (Phi) is 1.53. The lowest BCUT2D eigenvalue weighted by Crippen LogP contribution is -1.83. The van der Waals surface area contributed by atoms with E-state index in [4.69, 9.17) is 0 Å². The molecule has 0 saturated heterocycles. The lowest BCUT2D eigenvalue weighted by Gasteiger charge is -1.91. The van der Waals surface area contributed by atoms with Gasteiger partial charge in [0.15, 0.2) is 0 Å². The molecule has 0 nitrogen and oxygen atoms in total. The fourth-order valence-electron chi connectivity index (χ4n) is 1.31. The summed E-state index contributed by atoms with van der Waals surface area (Å²) in [6.45, 7) is 11.0. The number of hydrogen-bond acceptors (Lipinski definition) is 0. The first-order valence-electron chi connectivity index (χ1n) is 3.90. The molecule has 0 amide bonds. The number of allylic oxidation sites excluding steroid dienone is 1. The molecule has 0 aromatic rings. The third-order valence-electron chi connectivity index (χ3n) is 2.51. The second-order valence-electron chi connectivity index (χ2n) is 3.98. The molecule has 0 spiro atoms. The van der Waals surface area contributed by atoms with E-state index in [9.17, 15) is 0 Å². The first-order chi connectivity index (χ1) is 4.46. The van der Waals surface area contributed by atoms with Crippen molar-refractivity contribution in [1.29, 1.82) is 0 Å². The van der Waals surface area contributed by atoms with Gasteiger partial charge in [0, 0.05) is 5.41 Å². The number of hydrogen-bond donors (Lipinski definition) is 0. The minimum absolute atomic E-state index is 0.442. The van der Waals surface area contributed by atoms with Crippen molar-refractivity contribution in [1.82, 2.24) is 0 Å². The maximum Gasteiger partial charge on any atom is 0.000324 e. The van der Waals surface area contributed by atoms with E-state index in [2.05, 4.69) is 40.3 Å². The van der Waals surface area contributed by atoms with Crippen LogP contribution in [0.15, 0.2) is 16.9 Å². The third kappa shape index (κ3) is 1.04. The van der Waals surface area contributed by atoms with Gasteiger partial charge in [0.05, 0.1) is 0 Å². The van der Waals surface area contributed by atoms with Crippen molar-refractivity contribution in [2.45, 2.75) is 34.6 Å². The van der Waals surface area contributed by atoms with Crippen molar-refractivity contribution in [3.63, 3.8) is 0 Å². The van der Waals surface area contributed by atoms with Crippen molar-refractivity contribution in [3.05, 3.63) is 16.9 Å². The van der Waals surface area contributed by atoms with E-state index in [0.717, 1.165) is 5.92 Å². The van der Waals surface area contributed by atoms with Gasteiger partial charge in [-0.05, 0) is 30.9 Å². The van der Waals surface area contributed by atoms with Crippen molar-refractivity contribution < 1.29 is 0 Å².